The van der Waals surface area contributed by atoms with Gasteiger partial charge in [0.05, 0.1) is 5.69 Å². The number of aromatic nitrogens is 1. The Bertz CT molecular complexity index is 416. The Kier molecular flexibility index (Phi) is 3.60. The minimum atomic E-state index is 0.516. The number of rotatable bonds is 2. The smallest absolute Gasteiger partial charge is 0.163 e. The number of pyridine rings is 1. The summed E-state index contributed by atoms with van der Waals surface area (Å²) in [6.45, 7) is 2.24. The zero-order valence-corrected chi connectivity index (χ0v) is 10.4. The van der Waals surface area contributed by atoms with Crippen molar-refractivity contribution in [1.82, 2.24) is 9.88 Å². The summed E-state index contributed by atoms with van der Waals surface area (Å²) >= 11 is 0. The van der Waals surface area contributed by atoms with Gasteiger partial charge in [-0.15, -0.1) is 0 Å². The van der Waals surface area contributed by atoms with Crippen molar-refractivity contribution >= 4 is 5.69 Å². The van der Waals surface area contributed by atoms with Crippen LogP contribution in [0.4, 0.5) is 5.69 Å². The van der Waals surface area contributed by atoms with Gasteiger partial charge >= 0.3 is 0 Å². The van der Waals surface area contributed by atoms with E-state index in [1.807, 2.05) is 12.1 Å². The van der Waals surface area contributed by atoms with E-state index in [9.17, 15) is 0 Å². The monoisotopic (exact) mass is 230 g/mol. The standard InChI is InChI=1S/C13H18N4/c1-16-8-5-11(6-9-16)17(2)13-4-3-7-15-12(13)10-14/h3-4,7,11H,5-6,8-9H2,1-2H3. The summed E-state index contributed by atoms with van der Waals surface area (Å²) < 4.78 is 0. The number of hydrogen-bond donors (Lipinski definition) is 0. The van der Waals surface area contributed by atoms with Crippen molar-refractivity contribution in [3.05, 3.63) is 24.0 Å². The second-order valence-electron chi connectivity index (χ2n) is 4.63. The van der Waals surface area contributed by atoms with Crippen molar-refractivity contribution in [3.63, 3.8) is 0 Å². The molecule has 1 aliphatic rings. The summed E-state index contributed by atoms with van der Waals surface area (Å²) in [7, 11) is 4.22. The van der Waals surface area contributed by atoms with Crippen molar-refractivity contribution in [2.24, 2.45) is 0 Å². The van der Waals surface area contributed by atoms with Crippen LogP contribution in [0.5, 0.6) is 0 Å². The van der Waals surface area contributed by atoms with Crippen LogP contribution in [-0.2, 0) is 0 Å². The van der Waals surface area contributed by atoms with Gasteiger partial charge in [-0.05, 0) is 45.1 Å². The largest absolute Gasteiger partial charge is 0.369 e. The molecule has 0 spiro atoms. The lowest BCUT2D eigenvalue weighted by Crippen LogP contribution is -2.42. The van der Waals surface area contributed by atoms with Crippen LogP contribution in [0.1, 0.15) is 18.5 Å². The normalized spacial score (nSPS) is 17.7. The van der Waals surface area contributed by atoms with Crippen LogP contribution in [0, 0.1) is 11.3 Å². The number of piperidine rings is 1. The zero-order valence-electron chi connectivity index (χ0n) is 10.4. The van der Waals surface area contributed by atoms with E-state index in [0.717, 1.165) is 31.6 Å². The van der Waals surface area contributed by atoms with Gasteiger partial charge in [-0.25, -0.2) is 4.98 Å². The predicted octanol–water partition coefficient (Wildman–Crippen LogP) is 1.48. The average Bonchev–Trinajstić information content (AvgIpc) is 2.39. The summed E-state index contributed by atoms with van der Waals surface area (Å²) in [4.78, 5) is 8.67. The van der Waals surface area contributed by atoms with Gasteiger partial charge in [0.2, 0.25) is 0 Å². The summed E-state index contributed by atoms with van der Waals surface area (Å²) in [6, 6.07) is 6.54. The van der Waals surface area contributed by atoms with E-state index in [4.69, 9.17) is 5.26 Å². The molecule has 0 aromatic carbocycles. The second kappa shape index (κ2) is 5.15. The SMILES string of the molecule is CN1CCC(N(C)c2cccnc2C#N)CC1. The summed E-state index contributed by atoms with van der Waals surface area (Å²) in [5.41, 5.74) is 1.47. The molecule has 1 fully saturated rings. The highest BCUT2D eigenvalue weighted by Crippen LogP contribution is 2.23. The molecule has 0 saturated carbocycles. The molecule has 0 unspecified atom stereocenters. The fourth-order valence-corrected chi connectivity index (χ4v) is 2.35. The molecule has 1 aliphatic heterocycles. The minimum absolute atomic E-state index is 0.516. The molecule has 0 aliphatic carbocycles. The highest BCUT2D eigenvalue weighted by Gasteiger charge is 2.22. The van der Waals surface area contributed by atoms with Crippen molar-refractivity contribution in [3.8, 4) is 6.07 Å². The van der Waals surface area contributed by atoms with E-state index in [0.29, 0.717) is 11.7 Å². The molecule has 1 aromatic heterocycles. The van der Waals surface area contributed by atoms with E-state index >= 15 is 0 Å². The lowest BCUT2D eigenvalue weighted by Gasteiger charge is -2.36. The lowest BCUT2D eigenvalue weighted by atomic mass is 10.0. The van der Waals surface area contributed by atoms with Crippen LogP contribution in [-0.4, -0.2) is 43.1 Å². The highest BCUT2D eigenvalue weighted by molar-refractivity contribution is 5.55. The Morgan fingerprint density at radius 3 is 2.82 bits per heavy atom. The van der Waals surface area contributed by atoms with Crippen molar-refractivity contribution in [2.45, 2.75) is 18.9 Å². The molecule has 4 nitrogen and oxygen atoms in total. The first kappa shape index (κ1) is 11.9. The minimum Gasteiger partial charge on any atom is -0.369 e. The third-order valence-electron chi connectivity index (χ3n) is 3.51. The van der Waals surface area contributed by atoms with Gasteiger partial charge in [-0.3, -0.25) is 0 Å². The fraction of sp³-hybridized carbons (Fsp3) is 0.538. The molecule has 1 saturated heterocycles. The van der Waals surface area contributed by atoms with Gasteiger partial charge in [-0.2, -0.15) is 5.26 Å². The third-order valence-corrected chi connectivity index (χ3v) is 3.51. The first-order valence-corrected chi connectivity index (χ1v) is 5.99. The van der Waals surface area contributed by atoms with E-state index in [1.165, 1.54) is 0 Å². The van der Waals surface area contributed by atoms with Crippen molar-refractivity contribution in [1.29, 1.82) is 5.26 Å². The van der Waals surface area contributed by atoms with E-state index in [1.54, 1.807) is 6.20 Å². The van der Waals surface area contributed by atoms with Crippen LogP contribution >= 0.6 is 0 Å². The van der Waals surface area contributed by atoms with Crippen molar-refractivity contribution < 1.29 is 0 Å². The lowest BCUT2D eigenvalue weighted by molar-refractivity contribution is 0.253. The molecule has 1 aromatic rings. The number of nitriles is 1. The molecule has 0 N–H and O–H groups in total. The molecule has 0 radical (unpaired) electrons. The van der Waals surface area contributed by atoms with Gasteiger partial charge < -0.3 is 9.80 Å². The topological polar surface area (TPSA) is 43.2 Å². The third kappa shape index (κ3) is 2.56. The Labute approximate surface area is 102 Å². The summed E-state index contributed by atoms with van der Waals surface area (Å²) in [5, 5.41) is 9.06. The Morgan fingerprint density at radius 1 is 1.47 bits per heavy atom. The maximum absolute atomic E-state index is 9.06. The maximum Gasteiger partial charge on any atom is 0.163 e. The quantitative estimate of drug-likeness (QED) is 0.772. The Hall–Kier alpha value is -1.60. The molecule has 0 atom stereocenters. The number of nitrogens with zero attached hydrogens (tertiary/aromatic N) is 4. The summed E-state index contributed by atoms with van der Waals surface area (Å²) in [6.07, 6.45) is 3.96. The van der Waals surface area contributed by atoms with E-state index in [-0.39, 0.29) is 0 Å². The fourth-order valence-electron chi connectivity index (χ4n) is 2.35. The Morgan fingerprint density at radius 2 is 2.18 bits per heavy atom. The van der Waals surface area contributed by atoms with Crippen LogP contribution in [0.2, 0.25) is 0 Å². The zero-order chi connectivity index (χ0) is 12.3. The van der Waals surface area contributed by atoms with Gasteiger partial charge in [0, 0.05) is 19.3 Å². The highest BCUT2D eigenvalue weighted by atomic mass is 15.2. The van der Waals surface area contributed by atoms with Crippen LogP contribution in [0.25, 0.3) is 0 Å². The molecule has 2 rings (SSSR count). The molecule has 0 bridgehead atoms. The Balaban J connectivity index is 2.14. The van der Waals surface area contributed by atoms with Crippen LogP contribution < -0.4 is 4.90 Å². The number of anilines is 1. The average molecular weight is 230 g/mol. The molecule has 2 heterocycles. The molecule has 90 valence electrons. The molecule has 17 heavy (non-hydrogen) atoms. The molecular formula is C13H18N4. The van der Waals surface area contributed by atoms with Crippen LogP contribution in [0.3, 0.4) is 0 Å². The second-order valence-corrected chi connectivity index (χ2v) is 4.63. The molecule has 0 amide bonds. The predicted molar refractivity (Wildman–Crippen MR) is 67.9 cm³/mol. The summed E-state index contributed by atoms with van der Waals surface area (Å²) in [5.74, 6) is 0. The maximum atomic E-state index is 9.06. The first-order chi connectivity index (χ1) is 8.22. The number of hydrogen-bond acceptors (Lipinski definition) is 4. The van der Waals surface area contributed by atoms with Gasteiger partial charge in [-0.1, -0.05) is 0 Å². The first-order valence-electron chi connectivity index (χ1n) is 5.99. The molecule has 4 heteroatoms. The van der Waals surface area contributed by atoms with Gasteiger partial charge in [0.1, 0.15) is 6.07 Å². The number of likely N-dealkylation sites (tertiary alicyclic amines) is 1. The van der Waals surface area contributed by atoms with Crippen molar-refractivity contribution in [2.75, 3.05) is 32.1 Å². The molecular weight excluding hydrogens is 212 g/mol. The van der Waals surface area contributed by atoms with Gasteiger partial charge in [0.15, 0.2) is 5.69 Å². The van der Waals surface area contributed by atoms with Gasteiger partial charge in [0.25, 0.3) is 0 Å². The van der Waals surface area contributed by atoms with E-state index < -0.39 is 0 Å². The van der Waals surface area contributed by atoms with Crippen LogP contribution in [0.15, 0.2) is 18.3 Å². The van der Waals surface area contributed by atoms with E-state index in [2.05, 4.69) is 34.9 Å².